The molecule has 1 aromatic carbocycles. The van der Waals surface area contributed by atoms with Crippen molar-refractivity contribution in [2.24, 2.45) is 0 Å². The lowest BCUT2D eigenvalue weighted by Crippen LogP contribution is -2.37. The number of hydrogen-bond donors (Lipinski definition) is 0. The molecule has 1 aliphatic heterocycles. The Labute approximate surface area is 120 Å². The molecule has 0 atom stereocenters. The Balaban J connectivity index is 2.34. The van der Waals surface area contributed by atoms with Crippen LogP contribution in [0.2, 0.25) is 0 Å². The van der Waals surface area contributed by atoms with Crippen LogP contribution in [-0.4, -0.2) is 32.9 Å². The average Bonchev–Trinajstić information content (AvgIpc) is 2.40. The monoisotopic (exact) mass is 321 g/mol. The number of carbonyl (C=O) groups excluding carboxylic acids is 1. The SMILES string of the molecule is CS(=O)(=O)CCC(=O)N1CCCc2cc(F)c(F)c(F)c21. The molecule has 8 heteroatoms. The molecule has 0 aromatic heterocycles. The maximum absolute atomic E-state index is 13.9. The van der Waals surface area contributed by atoms with Crippen molar-refractivity contribution in [2.75, 3.05) is 23.5 Å². The zero-order chi connectivity index (χ0) is 15.8. The van der Waals surface area contributed by atoms with Crippen molar-refractivity contribution >= 4 is 21.4 Å². The second-order valence-corrected chi connectivity index (χ2v) is 7.28. The topological polar surface area (TPSA) is 54.5 Å². The molecule has 0 unspecified atom stereocenters. The largest absolute Gasteiger partial charge is 0.309 e. The molecule has 2 rings (SSSR count). The molecule has 116 valence electrons. The highest BCUT2D eigenvalue weighted by atomic mass is 32.2. The Morgan fingerprint density at radius 2 is 1.95 bits per heavy atom. The summed E-state index contributed by atoms with van der Waals surface area (Å²) >= 11 is 0. The van der Waals surface area contributed by atoms with Gasteiger partial charge in [-0.3, -0.25) is 4.79 Å². The van der Waals surface area contributed by atoms with E-state index in [1.54, 1.807) is 0 Å². The van der Waals surface area contributed by atoms with Crippen LogP contribution in [0.25, 0.3) is 0 Å². The van der Waals surface area contributed by atoms with Crippen molar-refractivity contribution in [3.8, 4) is 0 Å². The fraction of sp³-hybridized carbons (Fsp3) is 0.462. The fourth-order valence-electron chi connectivity index (χ4n) is 2.31. The first-order valence-corrected chi connectivity index (χ1v) is 8.41. The number of aryl methyl sites for hydroxylation is 1. The van der Waals surface area contributed by atoms with Crippen molar-refractivity contribution in [1.29, 1.82) is 0 Å². The normalized spacial score (nSPS) is 15.0. The minimum Gasteiger partial charge on any atom is -0.309 e. The molecule has 1 heterocycles. The second-order valence-electron chi connectivity index (χ2n) is 5.02. The Morgan fingerprint density at radius 3 is 2.57 bits per heavy atom. The van der Waals surface area contributed by atoms with Gasteiger partial charge in [0, 0.05) is 19.2 Å². The van der Waals surface area contributed by atoms with E-state index >= 15 is 0 Å². The smallest absolute Gasteiger partial charge is 0.228 e. The number of nitrogens with zero attached hydrogens (tertiary/aromatic N) is 1. The van der Waals surface area contributed by atoms with E-state index in [1.807, 2.05) is 0 Å². The number of rotatable bonds is 3. The van der Waals surface area contributed by atoms with Gasteiger partial charge in [-0.05, 0) is 24.5 Å². The minimum absolute atomic E-state index is 0.150. The van der Waals surface area contributed by atoms with Crippen LogP contribution >= 0.6 is 0 Å². The van der Waals surface area contributed by atoms with Gasteiger partial charge in [0.2, 0.25) is 5.91 Å². The number of fused-ring (bicyclic) bond motifs is 1. The first kappa shape index (κ1) is 15.8. The molecular weight excluding hydrogens is 307 g/mol. The van der Waals surface area contributed by atoms with Crippen LogP contribution < -0.4 is 4.90 Å². The maximum atomic E-state index is 13.9. The quantitative estimate of drug-likeness (QED) is 0.798. The van der Waals surface area contributed by atoms with Crippen LogP contribution in [0.3, 0.4) is 0 Å². The molecule has 0 radical (unpaired) electrons. The molecule has 1 aliphatic rings. The Bertz CT molecular complexity index is 688. The summed E-state index contributed by atoms with van der Waals surface area (Å²) in [6.07, 6.45) is 1.47. The average molecular weight is 321 g/mol. The second kappa shape index (κ2) is 5.67. The third-order valence-electron chi connectivity index (χ3n) is 3.30. The van der Waals surface area contributed by atoms with Crippen molar-refractivity contribution < 1.29 is 26.4 Å². The van der Waals surface area contributed by atoms with Gasteiger partial charge in [0.15, 0.2) is 17.5 Å². The van der Waals surface area contributed by atoms with E-state index in [9.17, 15) is 26.4 Å². The highest BCUT2D eigenvalue weighted by Gasteiger charge is 2.29. The summed E-state index contributed by atoms with van der Waals surface area (Å²) in [4.78, 5) is 13.0. The lowest BCUT2D eigenvalue weighted by Gasteiger charge is -2.30. The fourth-order valence-corrected chi connectivity index (χ4v) is 2.86. The van der Waals surface area contributed by atoms with E-state index in [0.717, 1.165) is 17.2 Å². The molecule has 1 amide bonds. The van der Waals surface area contributed by atoms with Crippen molar-refractivity contribution in [3.05, 3.63) is 29.1 Å². The van der Waals surface area contributed by atoms with E-state index < -0.39 is 33.2 Å². The van der Waals surface area contributed by atoms with Crippen molar-refractivity contribution in [1.82, 2.24) is 0 Å². The summed E-state index contributed by atoms with van der Waals surface area (Å²) in [7, 11) is -3.34. The first-order chi connectivity index (χ1) is 9.70. The Hall–Kier alpha value is -1.57. The molecule has 0 spiro atoms. The van der Waals surface area contributed by atoms with E-state index in [4.69, 9.17) is 0 Å². The standard InChI is InChI=1S/C13H14F3NO3S/c1-21(19,20)6-4-10(18)17-5-2-3-8-7-9(14)11(15)12(16)13(8)17/h7H,2-6H2,1H3. The van der Waals surface area contributed by atoms with Gasteiger partial charge < -0.3 is 4.90 Å². The molecule has 0 fully saturated rings. The van der Waals surface area contributed by atoms with Crippen LogP contribution in [0.15, 0.2) is 6.07 Å². The van der Waals surface area contributed by atoms with E-state index in [0.29, 0.717) is 12.8 Å². The molecule has 0 saturated heterocycles. The summed E-state index contributed by atoms with van der Waals surface area (Å²) in [5.74, 6) is -5.32. The Morgan fingerprint density at radius 1 is 1.29 bits per heavy atom. The number of hydrogen-bond acceptors (Lipinski definition) is 3. The number of carbonyl (C=O) groups is 1. The summed E-state index contributed by atoms with van der Waals surface area (Å²) in [5, 5.41) is 0. The molecular formula is C13H14F3NO3S. The number of anilines is 1. The van der Waals surface area contributed by atoms with Crippen LogP contribution in [0, 0.1) is 17.5 Å². The summed E-state index contributed by atoms with van der Waals surface area (Å²) in [5.41, 5.74) is -0.0657. The molecule has 0 aliphatic carbocycles. The zero-order valence-corrected chi connectivity index (χ0v) is 12.1. The highest BCUT2D eigenvalue weighted by Crippen LogP contribution is 2.33. The molecule has 0 saturated carbocycles. The van der Waals surface area contributed by atoms with E-state index in [-0.39, 0.29) is 30.0 Å². The van der Waals surface area contributed by atoms with E-state index in [2.05, 4.69) is 0 Å². The first-order valence-electron chi connectivity index (χ1n) is 6.35. The summed E-state index contributed by atoms with van der Waals surface area (Å²) in [6.45, 7) is 0.150. The van der Waals surface area contributed by atoms with Gasteiger partial charge in [-0.2, -0.15) is 0 Å². The molecule has 21 heavy (non-hydrogen) atoms. The molecule has 1 aromatic rings. The number of halogens is 3. The van der Waals surface area contributed by atoms with Crippen LogP contribution in [0.1, 0.15) is 18.4 Å². The molecule has 0 N–H and O–H groups in total. The van der Waals surface area contributed by atoms with Crippen LogP contribution in [0.5, 0.6) is 0 Å². The predicted octanol–water partition coefficient (Wildman–Crippen LogP) is 1.82. The van der Waals surface area contributed by atoms with Gasteiger partial charge in [-0.1, -0.05) is 0 Å². The van der Waals surface area contributed by atoms with Gasteiger partial charge in [0.05, 0.1) is 11.4 Å². The lowest BCUT2D eigenvalue weighted by atomic mass is 10.0. The van der Waals surface area contributed by atoms with Crippen molar-refractivity contribution in [3.63, 3.8) is 0 Å². The minimum atomic E-state index is -3.34. The number of sulfone groups is 1. The number of benzene rings is 1. The van der Waals surface area contributed by atoms with Gasteiger partial charge >= 0.3 is 0 Å². The van der Waals surface area contributed by atoms with Gasteiger partial charge in [-0.25, -0.2) is 21.6 Å². The zero-order valence-electron chi connectivity index (χ0n) is 11.3. The molecule has 0 bridgehead atoms. The number of amides is 1. The highest BCUT2D eigenvalue weighted by molar-refractivity contribution is 7.90. The summed E-state index contributed by atoms with van der Waals surface area (Å²) in [6, 6.07) is 0.879. The third kappa shape index (κ3) is 3.37. The maximum Gasteiger partial charge on any atom is 0.228 e. The van der Waals surface area contributed by atoms with E-state index in [1.165, 1.54) is 0 Å². The van der Waals surface area contributed by atoms with Crippen LogP contribution in [0.4, 0.5) is 18.9 Å². The van der Waals surface area contributed by atoms with Crippen molar-refractivity contribution in [2.45, 2.75) is 19.3 Å². The van der Waals surface area contributed by atoms with Gasteiger partial charge in [-0.15, -0.1) is 0 Å². The van der Waals surface area contributed by atoms with Crippen LogP contribution in [-0.2, 0) is 21.1 Å². The predicted molar refractivity (Wildman–Crippen MR) is 71.3 cm³/mol. The third-order valence-corrected chi connectivity index (χ3v) is 4.25. The van der Waals surface area contributed by atoms with Gasteiger partial charge in [0.25, 0.3) is 0 Å². The Kier molecular flexibility index (Phi) is 4.27. The van der Waals surface area contributed by atoms with Gasteiger partial charge in [0.1, 0.15) is 9.84 Å². The lowest BCUT2D eigenvalue weighted by molar-refractivity contribution is -0.118. The molecule has 4 nitrogen and oxygen atoms in total. The summed E-state index contributed by atoms with van der Waals surface area (Å²) < 4.78 is 62.6.